The number of hydrogen-bond donors (Lipinski definition) is 1. The van der Waals surface area contributed by atoms with E-state index in [1.54, 1.807) is 6.07 Å². The molecule has 0 spiro atoms. The molecule has 1 unspecified atom stereocenters. The summed E-state index contributed by atoms with van der Waals surface area (Å²) in [5.74, 6) is 0.372. The van der Waals surface area contributed by atoms with Crippen LogP contribution in [0.4, 0.5) is 4.39 Å². The van der Waals surface area contributed by atoms with Crippen LogP contribution in [-0.4, -0.2) is 12.1 Å². The van der Waals surface area contributed by atoms with Crippen molar-refractivity contribution in [2.45, 2.75) is 46.6 Å². The van der Waals surface area contributed by atoms with Crippen LogP contribution in [0, 0.1) is 18.7 Å². The second kappa shape index (κ2) is 5.63. The first-order valence-electron chi connectivity index (χ1n) is 6.28. The largest absolute Gasteiger partial charge is 0.312 e. The molecule has 0 radical (unpaired) electrons. The van der Waals surface area contributed by atoms with Gasteiger partial charge in [-0.25, -0.2) is 4.39 Å². The maximum atomic E-state index is 13.2. The molecule has 0 saturated heterocycles. The minimum Gasteiger partial charge on any atom is -0.312 e. The van der Waals surface area contributed by atoms with Crippen molar-refractivity contribution in [1.29, 1.82) is 0 Å². The Hall–Kier alpha value is -0.890. The Labute approximate surface area is 104 Å². The minimum atomic E-state index is -0.137. The van der Waals surface area contributed by atoms with E-state index in [0.717, 1.165) is 18.5 Å². The van der Waals surface area contributed by atoms with Gasteiger partial charge in [0.2, 0.25) is 0 Å². The Morgan fingerprint density at radius 2 is 1.94 bits per heavy atom. The maximum absolute atomic E-state index is 13.2. The SMILES string of the molecule is Cc1ccc(F)cc1CC(C)CNC(C)(C)C. The molecule has 0 saturated carbocycles. The fraction of sp³-hybridized carbons (Fsp3) is 0.600. The van der Waals surface area contributed by atoms with Crippen LogP contribution in [0.3, 0.4) is 0 Å². The van der Waals surface area contributed by atoms with Crippen LogP contribution in [0.25, 0.3) is 0 Å². The van der Waals surface area contributed by atoms with Crippen LogP contribution in [0.5, 0.6) is 0 Å². The molecule has 1 N–H and O–H groups in total. The van der Waals surface area contributed by atoms with E-state index >= 15 is 0 Å². The molecule has 96 valence electrons. The fourth-order valence-corrected chi connectivity index (χ4v) is 1.79. The molecule has 1 atom stereocenters. The molecule has 0 aliphatic rings. The third-order valence-electron chi connectivity index (χ3n) is 2.86. The molecule has 0 amide bonds. The molecular weight excluding hydrogens is 213 g/mol. The Bertz CT molecular complexity index is 366. The van der Waals surface area contributed by atoms with Crippen molar-refractivity contribution < 1.29 is 4.39 Å². The fourth-order valence-electron chi connectivity index (χ4n) is 1.79. The molecule has 1 nitrogen and oxygen atoms in total. The van der Waals surface area contributed by atoms with Crippen LogP contribution in [-0.2, 0) is 6.42 Å². The predicted octanol–water partition coefficient (Wildman–Crippen LogP) is 3.70. The van der Waals surface area contributed by atoms with Crippen molar-refractivity contribution in [3.8, 4) is 0 Å². The quantitative estimate of drug-likeness (QED) is 0.842. The molecule has 0 fully saturated rings. The zero-order chi connectivity index (χ0) is 13.1. The highest BCUT2D eigenvalue weighted by molar-refractivity contribution is 5.26. The van der Waals surface area contributed by atoms with Gasteiger partial charge in [-0.1, -0.05) is 13.0 Å². The number of nitrogens with one attached hydrogen (secondary N) is 1. The first-order valence-corrected chi connectivity index (χ1v) is 6.28. The zero-order valence-electron chi connectivity index (χ0n) is 11.6. The lowest BCUT2D eigenvalue weighted by atomic mass is 9.96. The van der Waals surface area contributed by atoms with Crippen molar-refractivity contribution in [3.63, 3.8) is 0 Å². The van der Waals surface area contributed by atoms with Crippen LogP contribution >= 0.6 is 0 Å². The molecule has 1 aromatic carbocycles. The molecule has 2 heteroatoms. The van der Waals surface area contributed by atoms with Gasteiger partial charge < -0.3 is 5.32 Å². The van der Waals surface area contributed by atoms with E-state index in [9.17, 15) is 4.39 Å². The minimum absolute atomic E-state index is 0.137. The number of rotatable bonds is 4. The molecular formula is C15H24FN. The van der Waals surface area contributed by atoms with Gasteiger partial charge in [0.05, 0.1) is 0 Å². The summed E-state index contributed by atoms with van der Waals surface area (Å²) in [4.78, 5) is 0. The number of benzene rings is 1. The zero-order valence-corrected chi connectivity index (χ0v) is 11.6. The monoisotopic (exact) mass is 237 g/mol. The van der Waals surface area contributed by atoms with E-state index in [1.165, 1.54) is 11.6 Å². The van der Waals surface area contributed by atoms with E-state index in [-0.39, 0.29) is 11.4 Å². The molecule has 0 aliphatic heterocycles. The molecule has 17 heavy (non-hydrogen) atoms. The summed E-state index contributed by atoms with van der Waals surface area (Å²) >= 11 is 0. The van der Waals surface area contributed by atoms with Gasteiger partial charge in [0, 0.05) is 5.54 Å². The lowest BCUT2D eigenvalue weighted by Crippen LogP contribution is -2.39. The topological polar surface area (TPSA) is 12.0 Å². The van der Waals surface area contributed by atoms with Gasteiger partial charge in [-0.2, -0.15) is 0 Å². The average Bonchev–Trinajstić information content (AvgIpc) is 2.20. The highest BCUT2D eigenvalue weighted by atomic mass is 19.1. The molecule has 0 heterocycles. The first kappa shape index (κ1) is 14.2. The van der Waals surface area contributed by atoms with Gasteiger partial charge in [-0.15, -0.1) is 0 Å². The molecule has 1 aromatic rings. The molecule has 1 rings (SSSR count). The van der Waals surface area contributed by atoms with Gasteiger partial charge >= 0.3 is 0 Å². The van der Waals surface area contributed by atoms with Gasteiger partial charge in [0.15, 0.2) is 0 Å². The highest BCUT2D eigenvalue weighted by Gasteiger charge is 2.12. The summed E-state index contributed by atoms with van der Waals surface area (Å²) in [6, 6.07) is 5.04. The van der Waals surface area contributed by atoms with Crippen LogP contribution in [0.15, 0.2) is 18.2 Å². The second-order valence-corrected chi connectivity index (χ2v) is 6.01. The summed E-state index contributed by atoms with van der Waals surface area (Å²) in [6.07, 6.45) is 0.923. The Kier molecular flexibility index (Phi) is 4.70. The van der Waals surface area contributed by atoms with Gasteiger partial charge in [-0.3, -0.25) is 0 Å². The highest BCUT2D eigenvalue weighted by Crippen LogP contribution is 2.15. The molecule has 0 bridgehead atoms. The maximum Gasteiger partial charge on any atom is 0.123 e. The van der Waals surface area contributed by atoms with Crippen LogP contribution < -0.4 is 5.32 Å². The third kappa shape index (κ3) is 5.31. The second-order valence-electron chi connectivity index (χ2n) is 6.01. The summed E-state index contributed by atoms with van der Waals surface area (Å²) in [5.41, 5.74) is 2.44. The molecule has 0 aliphatic carbocycles. The summed E-state index contributed by atoms with van der Waals surface area (Å²) < 4.78 is 13.2. The number of aryl methyl sites for hydroxylation is 1. The van der Waals surface area contributed by atoms with Gasteiger partial charge in [-0.05, 0) is 69.8 Å². The van der Waals surface area contributed by atoms with Crippen molar-refractivity contribution in [2.24, 2.45) is 5.92 Å². The van der Waals surface area contributed by atoms with Gasteiger partial charge in [0.1, 0.15) is 5.82 Å². The lowest BCUT2D eigenvalue weighted by Gasteiger charge is -2.23. The summed E-state index contributed by atoms with van der Waals surface area (Å²) in [7, 11) is 0. The van der Waals surface area contributed by atoms with Gasteiger partial charge in [0.25, 0.3) is 0 Å². The van der Waals surface area contributed by atoms with E-state index in [2.05, 4.69) is 33.0 Å². The lowest BCUT2D eigenvalue weighted by molar-refractivity contribution is 0.381. The Balaban J connectivity index is 2.56. The van der Waals surface area contributed by atoms with E-state index in [1.807, 2.05) is 13.0 Å². The summed E-state index contributed by atoms with van der Waals surface area (Å²) in [5, 5.41) is 3.48. The van der Waals surface area contributed by atoms with E-state index < -0.39 is 0 Å². The summed E-state index contributed by atoms with van der Waals surface area (Å²) in [6.45, 7) is 11.7. The van der Waals surface area contributed by atoms with E-state index in [4.69, 9.17) is 0 Å². The van der Waals surface area contributed by atoms with E-state index in [0.29, 0.717) is 5.92 Å². The Morgan fingerprint density at radius 3 is 2.53 bits per heavy atom. The van der Waals surface area contributed by atoms with Crippen molar-refractivity contribution in [2.75, 3.05) is 6.54 Å². The van der Waals surface area contributed by atoms with Crippen LogP contribution in [0.2, 0.25) is 0 Å². The molecule has 0 aromatic heterocycles. The number of hydrogen-bond acceptors (Lipinski definition) is 1. The smallest absolute Gasteiger partial charge is 0.123 e. The standard InChI is InChI=1S/C15H24FN/c1-11(10-17-15(3,4)5)8-13-9-14(16)7-6-12(13)2/h6-7,9,11,17H,8,10H2,1-5H3. The van der Waals surface area contributed by atoms with Crippen molar-refractivity contribution >= 4 is 0 Å². The Morgan fingerprint density at radius 1 is 1.29 bits per heavy atom. The number of halogens is 1. The average molecular weight is 237 g/mol. The normalized spacial score (nSPS) is 13.8. The van der Waals surface area contributed by atoms with Crippen molar-refractivity contribution in [1.82, 2.24) is 5.32 Å². The van der Waals surface area contributed by atoms with Crippen LogP contribution in [0.1, 0.15) is 38.8 Å². The van der Waals surface area contributed by atoms with Crippen molar-refractivity contribution in [3.05, 3.63) is 35.1 Å². The third-order valence-corrected chi connectivity index (χ3v) is 2.86. The first-order chi connectivity index (χ1) is 7.78. The predicted molar refractivity (Wildman–Crippen MR) is 71.8 cm³/mol.